The lowest BCUT2D eigenvalue weighted by Crippen LogP contribution is -2.00. The van der Waals surface area contributed by atoms with E-state index >= 15 is 0 Å². The lowest BCUT2D eigenvalue weighted by Gasteiger charge is -2.08. The topological polar surface area (TPSA) is 86.3 Å². The average Bonchev–Trinajstić information content (AvgIpc) is 3.42. The fourth-order valence-electron chi connectivity index (χ4n) is 3.84. The Labute approximate surface area is 193 Å². The van der Waals surface area contributed by atoms with Crippen LogP contribution in [-0.2, 0) is 0 Å². The molecule has 6 rings (SSSR count). The zero-order valence-electron chi connectivity index (χ0n) is 17.5. The molecule has 2 aromatic carbocycles. The Bertz CT molecular complexity index is 1620. The number of hydrogen-bond acceptors (Lipinski definition) is 6. The van der Waals surface area contributed by atoms with Crippen LogP contribution in [0.25, 0.3) is 33.4 Å². The van der Waals surface area contributed by atoms with Gasteiger partial charge in [-0.15, -0.1) is 0 Å². The smallest absolute Gasteiger partial charge is 0.168 e. The Morgan fingerprint density at radius 3 is 2.45 bits per heavy atom. The lowest BCUT2D eigenvalue weighted by atomic mass is 10.2. The fourth-order valence-corrected chi connectivity index (χ4v) is 4.02. The molecular weight excluding hydrogens is 436 g/mol. The molecular formula is C24H17ClN8. The van der Waals surface area contributed by atoms with Gasteiger partial charge in [0.15, 0.2) is 11.3 Å². The van der Waals surface area contributed by atoms with E-state index in [0.717, 1.165) is 39.2 Å². The van der Waals surface area contributed by atoms with E-state index in [4.69, 9.17) is 11.6 Å². The highest BCUT2D eigenvalue weighted by atomic mass is 35.5. The zero-order valence-corrected chi connectivity index (χ0v) is 18.3. The van der Waals surface area contributed by atoms with E-state index in [9.17, 15) is 0 Å². The molecule has 0 spiro atoms. The quantitative estimate of drug-likeness (QED) is 0.393. The summed E-state index contributed by atoms with van der Waals surface area (Å²) in [5.74, 6) is 0.641. The molecule has 0 amide bonds. The molecule has 0 bridgehead atoms. The molecule has 0 fully saturated rings. The minimum Gasteiger partial charge on any atom is -0.338 e. The summed E-state index contributed by atoms with van der Waals surface area (Å²) in [4.78, 5) is 13.5. The highest BCUT2D eigenvalue weighted by Crippen LogP contribution is 2.28. The third kappa shape index (κ3) is 3.37. The Kier molecular flexibility index (Phi) is 4.51. The van der Waals surface area contributed by atoms with Gasteiger partial charge in [0.2, 0.25) is 0 Å². The number of benzene rings is 2. The maximum atomic E-state index is 6.15. The van der Waals surface area contributed by atoms with Gasteiger partial charge in [-0.2, -0.15) is 10.2 Å². The van der Waals surface area contributed by atoms with Crippen LogP contribution in [0.15, 0.2) is 79.4 Å². The Morgan fingerprint density at radius 1 is 0.788 bits per heavy atom. The molecule has 0 aliphatic rings. The number of hydrogen-bond donors (Lipinski definition) is 1. The lowest BCUT2D eigenvalue weighted by molar-refractivity contribution is 0.878. The first kappa shape index (κ1) is 19.4. The van der Waals surface area contributed by atoms with Crippen LogP contribution >= 0.6 is 11.6 Å². The Balaban J connectivity index is 1.39. The van der Waals surface area contributed by atoms with E-state index in [1.54, 1.807) is 17.1 Å². The molecule has 0 unspecified atom stereocenters. The first-order chi connectivity index (χ1) is 16.2. The molecule has 6 aromatic rings. The number of para-hydroxylation sites is 1. The second-order valence-electron chi connectivity index (χ2n) is 7.55. The van der Waals surface area contributed by atoms with Gasteiger partial charge in [0.05, 0.1) is 40.5 Å². The predicted octanol–water partition coefficient (Wildman–Crippen LogP) is 5.25. The van der Waals surface area contributed by atoms with Crippen molar-refractivity contribution in [1.82, 2.24) is 34.5 Å². The number of anilines is 2. The van der Waals surface area contributed by atoms with Crippen molar-refractivity contribution in [3.8, 4) is 11.4 Å². The molecule has 4 aromatic heterocycles. The molecule has 9 heteroatoms. The standard InChI is InChI=1S/C24H17ClN8/c1-15-20-11-17(12-26-23(20)33(31-15)18-7-3-2-4-8-18)30-22-21-13-29-32(24(21)28-14-27-22)19-9-5-6-16(25)10-19/h2-14H,1H3,(H,27,28,30). The second kappa shape index (κ2) is 7.68. The summed E-state index contributed by atoms with van der Waals surface area (Å²) in [6.07, 6.45) is 5.03. The molecule has 0 radical (unpaired) electrons. The van der Waals surface area contributed by atoms with Crippen LogP contribution in [0.3, 0.4) is 0 Å². The van der Waals surface area contributed by atoms with Gasteiger partial charge in [-0.1, -0.05) is 35.9 Å². The third-order valence-electron chi connectivity index (χ3n) is 5.39. The molecule has 0 aliphatic heterocycles. The average molecular weight is 453 g/mol. The van der Waals surface area contributed by atoms with Crippen molar-refractivity contribution in [2.75, 3.05) is 5.32 Å². The predicted molar refractivity (Wildman–Crippen MR) is 129 cm³/mol. The summed E-state index contributed by atoms with van der Waals surface area (Å²) >= 11 is 6.15. The van der Waals surface area contributed by atoms with Crippen molar-refractivity contribution in [3.05, 3.63) is 90.1 Å². The molecule has 1 N–H and O–H groups in total. The number of rotatable bonds is 4. The first-order valence-corrected chi connectivity index (χ1v) is 10.7. The molecule has 8 nitrogen and oxygen atoms in total. The van der Waals surface area contributed by atoms with Crippen LogP contribution in [0, 0.1) is 6.92 Å². The highest BCUT2D eigenvalue weighted by molar-refractivity contribution is 6.30. The summed E-state index contributed by atoms with van der Waals surface area (Å²) < 4.78 is 3.59. The van der Waals surface area contributed by atoms with Gasteiger partial charge in [0.25, 0.3) is 0 Å². The van der Waals surface area contributed by atoms with Crippen LogP contribution in [0.4, 0.5) is 11.5 Å². The number of nitrogens with zero attached hydrogens (tertiary/aromatic N) is 7. The van der Waals surface area contributed by atoms with Gasteiger partial charge in [-0.05, 0) is 43.3 Å². The van der Waals surface area contributed by atoms with E-state index in [-0.39, 0.29) is 0 Å². The molecule has 0 aliphatic carbocycles. The number of aryl methyl sites for hydroxylation is 1. The fraction of sp³-hybridized carbons (Fsp3) is 0.0417. The minimum absolute atomic E-state index is 0.634. The summed E-state index contributed by atoms with van der Waals surface area (Å²) in [6, 6.07) is 19.5. The SMILES string of the molecule is Cc1nn(-c2ccccc2)c2ncc(Nc3ncnc4c3cnn4-c3cccc(Cl)c3)cc12. The Morgan fingerprint density at radius 2 is 1.61 bits per heavy atom. The molecule has 4 heterocycles. The van der Waals surface area contributed by atoms with Crippen LogP contribution < -0.4 is 5.32 Å². The number of nitrogens with one attached hydrogen (secondary N) is 1. The summed E-state index contributed by atoms with van der Waals surface area (Å²) in [6.45, 7) is 1.98. The largest absolute Gasteiger partial charge is 0.338 e. The number of aromatic nitrogens is 7. The van der Waals surface area contributed by atoms with Crippen LogP contribution in [0.2, 0.25) is 5.02 Å². The van der Waals surface area contributed by atoms with E-state index in [1.807, 2.05) is 72.3 Å². The van der Waals surface area contributed by atoms with Gasteiger partial charge < -0.3 is 5.32 Å². The Hall–Kier alpha value is -4.30. The van der Waals surface area contributed by atoms with Gasteiger partial charge in [0, 0.05) is 10.4 Å². The molecule has 0 saturated heterocycles. The van der Waals surface area contributed by atoms with Crippen LogP contribution in [0.1, 0.15) is 5.69 Å². The molecule has 0 saturated carbocycles. The van der Waals surface area contributed by atoms with E-state index in [1.165, 1.54) is 6.33 Å². The molecule has 160 valence electrons. The zero-order chi connectivity index (χ0) is 22.4. The number of halogens is 1. The van der Waals surface area contributed by atoms with E-state index in [2.05, 4.69) is 30.5 Å². The summed E-state index contributed by atoms with van der Waals surface area (Å²) in [5, 5.41) is 14.9. The minimum atomic E-state index is 0.634. The van der Waals surface area contributed by atoms with Gasteiger partial charge in [-0.25, -0.2) is 24.3 Å². The number of pyridine rings is 1. The molecule has 33 heavy (non-hydrogen) atoms. The van der Waals surface area contributed by atoms with Crippen LogP contribution in [0.5, 0.6) is 0 Å². The monoisotopic (exact) mass is 452 g/mol. The van der Waals surface area contributed by atoms with Crippen molar-refractivity contribution in [3.63, 3.8) is 0 Å². The van der Waals surface area contributed by atoms with Crippen molar-refractivity contribution in [1.29, 1.82) is 0 Å². The maximum absolute atomic E-state index is 6.15. The van der Waals surface area contributed by atoms with Crippen molar-refractivity contribution in [2.45, 2.75) is 6.92 Å². The van der Waals surface area contributed by atoms with Crippen molar-refractivity contribution < 1.29 is 0 Å². The van der Waals surface area contributed by atoms with Gasteiger partial charge in [0.1, 0.15) is 12.1 Å². The van der Waals surface area contributed by atoms with Gasteiger partial charge in [-0.3, -0.25) is 0 Å². The second-order valence-corrected chi connectivity index (χ2v) is 7.99. The third-order valence-corrected chi connectivity index (χ3v) is 5.62. The van der Waals surface area contributed by atoms with Gasteiger partial charge >= 0.3 is 0 Å². The highest BCUT2D eigenvalue weighted by Gasteiger charge is 2.14. The van der Waals surface area contributed by atoms with Crippen LogP contribution in [-0.4, -0.2) is 34.5 Å². The van der Waals surface area contributed by atoms with Crippen molar-refractivity contribution in [2.24, 2.45) is 0 Å². The molecule has 0 atom stereocenters. The number of fused-ring (bicyclic) bond motifs is 2. The van der Waals surface area contributed by atoms with Crippen molar-refractivity contribution >= 4 is 45.2 Å². The summed E-state index contributed by atoms with van der Waals surface area (Å²) in [5.41, 5.74) is 4.96. The maximum Gasteiger partial charge on any atom is 0.168 e. The van der Waals surface area contributed by atoms with E-state index in [0.29, 0.717) is 16.5 Å². The first-order valence-electron chi connectivity index (χ1n) is 10.3. The van der Waals surface area contributed by atoms with E-state index < -0.39 is 0 Å². The normalized spacial score (nSPS) is 11.3. The summed E-state index contributed by atoms with van der Waals surface area (Å²) in [7, 11) is 0.